The third-order valence-electron chi connectivity index (χ3n) is 1.88. The van der Waals surface area contributed by atoms with E-state index in [0.717, 1.165) is 6.42 Å². The fourth-order valence-electron chi connectivity index (χ4n) is 1.10. The molecule has 0 saturated carbocycles. The average Bonchev–Trinajstić information content (AvgIpc) is 2.43. The summed E-state index contributed by atoms with van der Waals surface area (Å²) in [6.45, 7) is 4.66. The van der Waals surface area contributed by atoms with E-state index in [4.69, 9.17) is 9.47 Å². The molecule has 0 aromatic carbocycles. The highest BCUT2D eigenvalue weighted by Gasteiger charge is 2.10. The zero-order chi connectivity index (χ0) is 14.1. The Morgan fingerprint density at radius 3 is 2.74 bits per heavy atom. The maximum absolute atomic E-state index is 11.3. The molecule has 0 aliphatic rings. The fourth-order valence-corrected chi connectivity index (χ4v) is 1.72. The van der Waals surface area contributed by atoms with E-state index in [1.807, 2.05) is 6.92 Å². The summed E-state index contributed by atoms with van der Waals surface area (Å²) in [5.74, 6) is 0.274. The molecule has 1 aromatic heterocycles. The van der Waals surface area contributed by atoms with E-state index in [9.17, 15) is 4.79 Å². The molecule has 19 heavy (non-hydrogen) atoms. The van der Waals surface area contributed by atoms with Crippen molar-refractivity contribution in [2.24, 2.45) is 0 Å². The summed E-state index contributed by atoms with van der Waals surface area (Å²) in [6, 6.07) is 0.257. The van der Waals surface area contributed by atoms with Crippen LogP contribution in [0.5, 0.6) is 6.01 Å². The molecule has 0 amide bonds. The number of hydrogen-bond donors (Lipinski definition) is 1. The summed E-state index contributed by atoms with van der Waals surface area (Å²) in [6.07, 6.45) is 0.867. The molecule has 8 heteroatoms. The molecule has 1 aromatic rings. The standard InChI is InChI=1S/C11H18N4O3S/c1-4-6-18-10-13-9(12-3)14-11(15-10)19-7-8(16)17-5-2/h4-7H2,1-3H3,(H,12,13,14,15). The number of carbonyl (C=O) groups is 1. The minimum atomic E-state index is -0.296. The number of anilines is 1. The fraction of sp³-hybridized carbons (Fsp3) is 0.636. The first kappa shape index (κ1) is 15.5. The van der Waals surface area contributed by atoms with Gasteiger partial charge in [0.25, 0.3) is 0 Å². The van der Waals surface area contributed by atoms with Gasteiger partial charge in [-0.05, 0) is 13.3 Å². The molecule has 0 spiro atoms. The molecule has 1 heterocycles. The summed E-state index contributed by atoms with van der Waals surface area (Å²) >= 11 is 1.19. The number of rotatable bonds is 8. The van der Waals surface area contributed by atoms with E-state index >= 15 is 0 Å². The first-order valence-electron chi connectivity index (χ1n) is 6.04. The minimum Gasteiger partial charge on any atom is -0.465 e. The maximum atomic E-state index is 11.3. The van der Waals surface area contributed by atoms with Crippen LogP contribution in [0.25, 0.3) is 0 Å². The second-order valence-corrected chi connectivity index (χ2v) is 4.36. The van der Waals surface area contributed by atoms with Crippen molar-refractivity contribution < 1.29 is 14.3 Å². The third-order valence-corrected chi connectivity index (χ3v) is 2.70. The highest BCUT2D eigenvalue weighted by Crippen LogP contribution is 2.17. The molecule has 0 fully saturated rings. The molecule has 1 rings (SSSR count). The van der Waals surface area contributed by atoms with E-state index in [2.05, 4.69) is 20.3 Å². The molecule has 0 radical (unpaired) electrons. The van der Waals surface area contributed by atoms with Gasteiger partial charge in [-0.15, -0.1) is 0 Å². The van der Waals surface area contributed by atoms with Gasteiger partial charge in [0.2, 0.25) is 5.95 Å². The Labute approximate surface area is 116 Å². The lowest BCUT2D eigenvalue weighted by atomic mass is 10.5. The van der Waals surface area contributed by atoms with Crippen molar-refractivity contribution in [3.8, 4) is 6.01 Å². The molecule has 7 nitrogen and oxygen atoms in total. The molecular formula is C11H18N4O3S. The zero-order valence-electron chi connectivity index (χ0n) is 11.3. The number of carbonyl (C=O) groups excluding carboxylic acids is 1. The van der Waals surface area contributed by atoms with Crippen LogP contribution >= 0.6 is 11.8 Å². The minimum absolute atomic E-state index is 0.161. The highest BCUT2D eigenvalue weighted by molar-refractivity contribution is 7.99. The lowest BCUT2D eigenvalue weighted by Crippen LogP contribution is -2.09. The molecule has 0 aliphatic heterocycles. The van der Waals surface area contributed by atoms with Crippen LogP contribution in [0.4, 0.5) is 5.95 Å². The van der Waals surface area contributed by atoms with Crippen molar-refractivity contribution in [2.45, 2.75) is 25.4 Å². The van der Waals surface area contributed by atoms with Crippen LogP contribution in [0.1, 0.15) is 20.3 Å². The lowest BCUT2D eigenvalue weighted by Gasteiger charge is -2.06. The summed E-state index contributed by atoms with van der Waals surface area (Å²) in [5.41, 5.74) is 0. The van der Waals surface area contributed by atoms with Gasteiger partial charge in [0, 0.05) is 7.05 Å². The third kappa shape index (κ3) is 5.73. The largest absolute Gasteiger partial charge is 0.465 e. The average molecular weight is 286 g/mol. The van der Waals surface area contributed by atoms with Gasteiger partial charge in [-0.1, -0.05) is 18.7 Å². The number of hydrogen-bond acceptors (Lipinski definition) is 8. The van der Waals surface area contributed by atoms with Gasteiger partial charge in [0.05, 0.1) is 19.0 Å². The van der Waals surface area contributed by atoms with Crippen LogP contribution < -0.4 is 10.1 Å². The van der Waals surface area contributed by atoms with Crippen molar-refractivity contribution in [1.82, 2.24) is 15.0 Å². The summed E-state index contributed by atoms with van der Waals surface area (Å²) in [5, 5.41) is 3.25. The maximum Gasteiger partial charge on any atom is 0.322 e. The number of esters is 1. The van der Waals surface area contributed by atoms with Gasteiger partial charge in [-0.25, -0.2) is 0 Å². The van der Waals surface area contributed by atoms with Crippen LogP contribution in [0.2, 0.25) is 0 Å². The van der Waals surface area contributed by atoms with Gasteiger partial charge in [0.1, 0.15) is 0 Å². The number of aromatic nitrogens is 3. The van der Waals surface area contributed by atoms with E-state index in [1.165, 1.54) is 11.8 Å². The quantitative estimate of drug-likeness (QED) is 0.566. The van der Waals surface area contributed by atoms with Crippen molar-refractivity contribution >= 4 is 23.7 Å². The van der Waals surface area contributed by atoms with Gasteiger partial charge >= 0.3 is 12.0 Å². The van der Waals surface area contributed by atoms with Crippen molar-refractivity contribution in [3.05, 3.63) is 0 Å². The number of ether oxygens (including phenoxy) is 2. The summed E-state index contributed by atoms with van der Waals surface area (Å²) in [7, 11) is 1.71. The predicted molar refractivity (Wildman–Crippen MR) is 72.5 cm³/mol. The highest BCUT2D eigenvalue weighted by atomic mass is 32.2. The molecule has 0 atom stereocenters. The molecular weight excluding hydrogens is 268 g/mol. The Hall–Kier alpha value is -1.57. The van der Waals surface area contributed by atoms with E-state index < -0.39 is 0 Å². The van der Waals surface area contributed by atoms with Crippen LogP contribution in [-0.4, -0.2) is 46.9 Å². The smallest absolute Gasteiger partial charge is 0.322 e. The van der Waals surface area contributed by atoms with E-state index in [0.29, 0.717) is 24.3 Å². The van der Waals surface area contributed by atoms with Crippen LogP contribution in [0, 0.1) is 0 Å². The van der Waals surface area contributed by atoms with Gasteiger partial charge in [-0.2, -0.15) is 15.0 Å². The van der Waals surface area contributed by atoms with Crippen LogP contribution in [0.15, 0.2) is 5.16 Å². The van der Waals surface area contributed by atoms with E-state index in [-0.39, 0.29) is 17.7 Å². The SMILES string of the molecule is CCCOc1nc(NC)nc(SCC(=O)OCC)n1. The molecule has 0 unspecified atom stereocenters. The first-order chi connectivity index (χ1) is 9.19. The monoisotopic (exact) mass is 286 g/mol. The van der Waals surface area contributed by atoms with E-state index in [1.54, 1.807) is 14.0 Å². The van der Waals surface area contributed by atoms with Crippen molar-refractivity contribution in [1.29, 1.82) is 0 Å². The van der Waals surface area contributed by atoms with Gasteiger partial charge in [-0.3, -0.25) is 4.79 Å². The topological polar surface area (TPSA) is 86.2 Å². The first-order valence-corrected chi connectivity index (χ1v) is 7.03. The number of nitrogens with one attached hydrogen (secondary N) is 1. The Bertz CT molecular complexity index is 417. The predicted octanol–water partition coefficient (Wildman–Crippen LogP) is 1.36. The Morgan fingerprint density at radius 1 is 1.32 bits per heavy atom. The Balaban J connectivity index is 2.67. The number of nitrogens with zero attached hydrogens (tertiary/aromatic N) is 3. The zero-order valence-corrected chi connectivity index (χ0v) is 12.1. The normalized spacial score (nSPS) is 10.1. The molecule has 0 saturated heterocycles. The van der Waals surface area contributed by atoms with Crippen LogP contribution in [0.3, 0.4) is 0 Å². The molecule has 1 N–H and O–H groups in total. The van der Waals surface area contributed by atoms with Gasteiger partial charge < -0.3 is 14.8 Å². The van der Waals surface area contributed by atoms with Crippen molar-refractivity contribution in [2.75, 3.05) is 31.3 Å². The lowest BCUT2D eigenvalue weighted by molar-refractivity contribution is -0.139. The van der Waals surface area contributed by atoms with Crippen LogP contribution in [-0.2, 0) is 9.53 Å². The summed E-state index contributed by atoms with van der Waals surface area (Å²) in [4.78, 5) is 23.6. The molecule has 0 aliphatic carbocycles. The second-order valence-electron chi connectivity index (χ2n) is 3.42. The Kier molecular flexibility index (Phi) is 6.94. The van der Waals surface area contributed by atoms with Crippen molar-refractivity contribution in [3.63, 3.8) is 0 Å². The molecule has 106 valence electrons. The second kappa shape index (κ2) is 8.52. The Morgan fingerprint density at radius 2 is 2.11 bits per heavy atom. The molecule has 0 bridgehead atoms. The number of thioether (sulfide) groups is 1. The summed E-state index contributed by atoms with van der Waals surface area (Å²) < 4.78 is 10.2. The van der Waals surface area contributed by atoms with Gasteiger partial charge in [0.15, 0.2) is 5.16 Å².